The van der Waals surface area contributed by atoms with Crippen LogP contribution in [0.15, 0.2) is 83.6 Å². The van der Waals surface area contributed by atoms with Crippen molar-refractivity contribution in [3.05, 3.63) is 95.5 Å². The maximum absolute atomic E-state index is 13.5. The van der Waals surface area contributed by atoms with Crippen molar-refractivity contribution >= 4 is 30.2 Å². The van der Waals surface area contributed by atoms with Gasteiger partial charge in [-0.2, -0.15) is 5.10 Å². The number of aliphatic imine (C=N–C) groups is 1. The first kappa shape index (κ1) is 25.5. The van der Waals surface area contributed by atoms with E-state index in [1.54, 1.807) is 35.1 Å². The SMILES string of the molecule is CCC1CC(=O)C(C(=O)NC(c2ccccc2)c2cccc(P(C)(=O)O)c2)=CN=C1n1nccc1C. The molecule has 0 saturated heterocycles. The maximum Gasteiger partial charge on any atom is 0.257 e. The van der Waals surface area contributed by atoms with Crippen LogP contribution in [0.5, 0.6) is 0 Å². The van der Waals surface area contributed by atoms with Crippen LogP contribution >= 0.6 is 7.37 Å². The van der Waals surface area contributed by atoms with Gasteiger partial charge in [0.15, 0.2) is 5.78 Å². The third-order valence-electron chi connectivity index (χ3n) is 6.30. The van der Waals surface area contributed by atoms with Gasteiger partial charge in [0.1, 0.15) is 11.4 Å². The minimum atomic E-state index is -3.50. The number of hydrogen-bond donors (Lipinski definition) is 2. The fourth-order valence-corrected chi connectivity index (χ4v) is 5.01. The molecule has 9 heteroatoms. The van der Waals surface area contributed by atoms with E-state index in [9.17, 15) is 19.0 Å². The fraction of sp³-hybridized carbons (Fsp3) is 0.259. The van der Waals surface area contributed by atoms with E-state index in [1.807, 2.05) is 50.2 Å². The number of nitrogens with zero attached hydrogens (tertiary/aromatic N) is 3. The summed E-state index contributed by atoms with van der Waals surface area (Å²) in [5, 5.41) is 7.58. The summed E-state index contributed by atoms with van der Waals surface area (Å²) in [5.41, 5.74) is 2.26. The average molecular weight is 505 g/mol. The number of benzene rings is 2. The normalized spacial score (nSPS) is 18.4. The van der Waals surface area contributed by atoms with Crippen molar-refractivity contribution < 1.29 is 19.0 Å². The molecule has 2 aromatic carbocycles. The van der Waals surface area contributed by atoms with Crippen LogP contribution in [0.4, 0.5) is 0 Å². The van der Waals surface area contributed by atoms with Crippen molar-refractivity contribution in [2.24, 2.45) is 10.9 Å². The van der Waals surface area contributed by atoms with E-state index in [2.05, 4.69) is 15.4 Å². The Hall–Kier alpha value is -3.61. The summed E-state index contributed by atoms with van der Waals surface area (Å²) in [5.74, 6) is -0.399. The third-order valence-corrected chi connectivity index (χ3v) is 7.54. The van der Waals surface area contributed by atoms with Gasteiger partial charge in [-0.1, -0.05) is 49.4 Å². The van der Waals surface area contributed by atoms with Crippen molar-refractivity contribution in [1.29, 1.82) is 0 Å². The van der Waals surface area contributed by atoms with Crippen LogP contribution in [0.1, 0.15) is 42.6 Å². The lowest BCUT2D eigenvalue weighted by Crippen LogP contribution is -2.33. The summed E-state index contributed by atoms with van der Waals surface area (Å²) in [6.45, 7) is 5.16. The summed E-state index contributed by atoms with van der Waals surface area (Å²) in [7, 11) is -3.50. The number of Topliss-reactive ketones (excluding diaryl/α,β-unsaturated/α-hetero) is 1. The molecule has 0 aliphatic carbocycles. The largest absolute Gasteiger partial charge is 0.341 e. The van der Waals surface area contributed by atoms with Gasteiger partial charge in [0.25, 0.3) is 5.91 Å². The van der Waals surface area contributed by atoms with E-state index in [4.69, 9.17) is 0 Å². The Bertz CT molecular complexity index is 1390. The Morgan fingerprint density at radius 3 is 2.53 bits per heavy atom. The monoisotopic (exact) mass is 504 g/mol. The first-order valence-electron chi connectivity index (χ1n) is 11.8. The van der Waals surface area contributed by atoms with Gasteiger partial charge in [-0.25, -0.2) is 9.67 Å². The van der Waals surface area contributed by atoms with Crippen molar-refractivity contribution in [3.63, 3.8) is 0 Å². The predicted molar refractivity (Wildman–Crippen MR) is 140 cm³/mol. The topological polar surface area (TPSA) is 114 Å². The van der Waals surface area contributed by atoms with Gasteiger partial charge >= 0.3 is 0 Å². The zero-order valence-electron chi connectivity index (χ0n) is 20.5. The van der Waals surface area contributed by atoms with E-state index < -0.39 is 19.3 Å². The summed E-state index contributed by atoms with van der Waals surface area (Å²) in [6.07, 6.45) is 3.82. The molecule has 1 aliphatic heterocycles. The molecule has 2 heterocycles. The van der Waals surface area contributed by atoms with Crippen LogP contribution in [-0.2, 0) is 14.2 Å². The molecular formula is C27H29N4O4P. The molecule has 0 radical (unpaired) electrons. The first-order chi connectivity index (χ1) is 17.2. The van der Waals surface area contributed by atoms with E-state index >= 15 is 0 Å². The number of carbonyl (C=O) groups is 2. The van der Waals surface area contributed by atoms with Crippen LogP contribution in [0.2, 0.25) is 0 Å². The quantitative estimate of drug-likeness (QED) is 0.392. The summed E-state index contributed by atoms with van der Waals surface area (Å²) >= 11 is 0. The minimum absolute atomic E-state index is 0.0336. The second-order valence-electron chi connectivity index (χ2n) is 8.94. The lowest BCUT2D eigenvalue weighted by Gasteiger charge is -2.21. The van der Waals surface area contributed by atoms with Gasteiger partial charge < -0.3 is 10.2 Å². The molecule has 3 atom stereocenters. The van der Waals surface area contributed by atoms with Crippen LogP contribution in [0.3, 0.4) is 0 Å². The molecule has 36 heavy (non-hydrogen) atoms. The highest BCUT2D eigenvalue weighted by Crippen LogP contribution is 2.35. The highest BCUT2D eigenvalue weighted by molar-refractivity contribution is 7.65. The lowest BCUT2D eigenvalue weighted by molar-refractivity contribution is -0.123. The molecule has 0 bridgehead atoms. The molecule has 8 nitrogen and oxygen atoms in total. The zero-order valence-corrected chi connectivity index (χ0v) is 21.4. The molecular weight excluding hydrogens is 475 g/mol. The highest BCUT2D eigenvalue weighted by atomic mass is 31.2. The molecule has 0 fully saturated rings. The molecule has 2 N–H and O–H groups in total. The maximum atomic E-state index is 13.5. The molecule has 1 aromatic heterocycles. The average Bonchev–Trinajstić information content (AvgIpc) is 3.21. The van der Waals surface area contributed by atoms with Gasteiger partial charge in [-0.05, 0) is 42.7 Å². The molecule has 0 saturated carbocycles. The second-order valence-corrected chi connectivity index (χ2v) is 11.2. The number of ketones is 1. The smallest absolute Gasteiger partial charge is 0.257 e. The van der Waals surface area contributed by atoms with Crippen molar-refractivity contribution in [3.8, 4) is 0 Å². The lowest BCUT2D eigenvalue weighted by atomic mass is 9.94. The van der Waals surface area contributed by atoms with E-state index in [0.29, 0.717) is 17.8 Å². The Morgan fingerprint density at radius 1 is 1.17 bits per heavy atom. The minimum Gasteiger partial charge on any atom is -0.341 e. The van der Waals surface area contributed by atoms with Gasteiger partial charge in [0, 0.05) is 42.4 Å². The number of amides is 1. The van der Waals surface area contributed by atoms with Crippen LogP contribution in [-0.4, -0.2) is 38.9 Å². The molecule has 0 spiro atoms. The van der Waals surface area contributed by atoms with E-state index in [0.717, 1.165) is 11.3 Å². The van der Waals surface area contributed by atoms with Gasteiger partial charge in [-0.3, -0.25) is 14.2 Å². The molecule has 1 amide bonds. The van der Waals surface area contributed by atoms with E-state index in [-0.39, 0.29) is 29.0 Å². The highest BCUT2D eigenvalue weighted by Gasteiger charge is 2.30. The zero-order chi connectivity index (χ0) is 25.9. The number of carbonyl (C=O) groups excluding carboxylic acids is 2. The number of rotatable bonds is 6. The number of aromatic nitrogens is 2. The number of nitrogens with one attached hydrogen (secondary N) is 1. The molecule has 4 rings (SSSR count). The summed E-state index contributed by atoms with van der Waals surface area (Å²) in [4.78, 5) is 41.2. The Labute approximate surface area is 210 Å². The van der Waals surface area contributed by atoms with Crippen molar-refractivity contribution in [2.45, 2.75) is 32.7 Å². The fourth-order valence-electron chi connectivity index (χ4n) is 4.26. The molecule has 3 aromatic rings. The predicted octanol–water partition coefficient (Wildman–Crippen LogP) is 3.75. The number of aryl methyl sites for hydroxylation is 1. The summed E-state index contributed by atoms with van der Waals surface area (Å²) in [6, 6.07) is 17.2. The molecule has 3 unspecified atom stereocenters. The third kappa shape index (κ3) is 5.45. The van der Waals surface area contributed by atoms with Crippen LogP contribution in [0.25, 0.3) is 0 Å². The van der Waals surface area contributed by atoms with Crippen LogP contribution < -0.4 is 10.6 Å². The molecule has 186 valence electrons. The van der Waals surface area contributed by atoms with Crippen molar-refractivity contribution in [1.82, 2.24) is 15.1 Å². The second kappa shape index (κ2) is 10.6. The van der Waals surface area contributed by atoms with Crippen LogP contribution in [0, 0.1) is 12.8 Å². The summed E-state index contributed by atoms with van der Waals surface area (Å²) < 4.78 is 14.0. The van der Waals surface area contributed by atoms with Gasteiger partial charge in [0.2, 0.25) is 7.37 Å². The van der Waals surface area contributed by atoms with Gasteiger partial charge in [-0.15, -0.1) is 0 Å². The van der Waals surface area contributed by atoms with Gasteiger partial charge in [0.05, 0.1) is 6.04 Å². The standard InChI is InChI=1S/C27H29N4O4P/c1-4-19-16-24(32)23(17-28-26(19)31-18(2)13-14-29-31)27(33)30-25(20-9-6-5-7-10-20)21-11-8-12-22(15-21)36(3,34)35/h5-15,17,19,25H,4,16H2,1-3H3,(H,30,33)(H,34,35). The Balaban J connectivity index is 1.70. The van der Waals surface area contributed by atoms with E-state index in [1.165, 1.54) is 12.9 Å². The number of hydrogen-bond acceptors (Lipinski definition) is 5. The first-order valence-corrected chi connectivity index (χ1v) is 13.9. The van der Waals surface area contributed by atoms with Crippen molar-refractivity contribution in [2.75, 3.05) is 6.66 Å². The Morgan fingerprint density at radius 2 is 1.89 bits per heavy atom. The molecule has 1 aliphatic rings. The Kier molecular flexibility index (Phi) is 7.48.